The molecule has 0 fully saturated rings. The second-order valence-electron chi connectivity index (χ2n) is 4.78. The third-order valence-electron chi connectivity index (χ3n) is 3.54. The first-order valence-corrected chi connectivity index (χ1v) is 6.27. The maximum Gasteiger partial charge on any atom is 0.220 e. The Hall–Kier alpha value is -2.88. The van der Waals surface area contributed by atoms with Crippen molar-refractivity contribution in [3.05, 3.63) is 42.5 Å². The van der Waals surface area contributed by atoms with E-state index in [4.69, 9.17) is 13.6 Å². The maximum atomic E-state index is 10.1. The summed E-state index contributed by atoms with van der Waals surface area (Å²) in [6, 6.07) is 13.7. The fourth-order valence-electron chi connectivity index (χ4n) is 2.46. The van der Waals surface area contributed by atoms with Gasteiger partial charge in [-0.1, -0.05) is 36.4 Å². The van der Waals surface area contributed by atoms with Crippen LogP contribution in [0, 0.1) is 0 Å². The summed E-state index contributed by atoms with van der Waals surface area (Å²) in [7, 11) is 0. The summed E-state index contributed by atoms with van der Waals surface area (Å²) in [6.07, 6.45) is 0. The quantitative estimate of drug-likeness (QED) is 0.501. The molecule has 0 aliphatic carbocycles. The van der Waals surface area contributed by atoms with Crippen molar-refractivity contribution in [2.45, 2.75) is 0 Å². The van der Waals surface area contributed by atoms with E-state index in [2.05, 4.69) is 0 Å². The van der Waals surface area contributed by atoms with Crippen molar-refractivity contribution in [3.8, 4) is 17.2 Å². The summed E-state index contributed by atoms with van der Waals surface area (Å²) in [5.74, 6) is 1.01. The second-order valence-corrected chi connectivity index (χ2v) is 4.78. The predicted octanol–water partition coefficient (Wildman–Crippen LogP) is 4.71. The van der Waals surface area contributed by atoms with Gasteiger partial charge in [0.1, 0.15) is 5.75 Å². The van der Waals surface area contributed by atoms with Crippen molar-refractivity contribution in [2.24, 2.45) is 0 Å². The molecule has 0 saturated heterocycles. The van der Waals surface area contributed by atoms with E-state index in [0.717, 1.165) is 10.8 Å². The van der Waals surface area contributed by atoms with Gasteiger partial charge in [-0.25, -0.2) is 0 Å². The zero-order valence-electron chi connectivity index (χ0n) is 10.2. The van der Waals surface area contributed by atoms with Crippen LogP contribution in [-0.2, 0) is 0 Å². The van der Waals surface area contributed by atoms with Gasteiger partial charge in [-0.15, -0.1) is 0 Å². The highest BCUT2D eigenvalue weighted by Crippen LogP contribution is 2.54. The minimum Gasteiger partial charge on any atom is -0.501 e. The van der Waals surface area contributed by atoms with E-state index in [1.54, 1.807) is 0 Å². The molecule has 2 heterocycles. The Morgan fingerprint density at radius 2 is 1.55 bits per heavy atom. The van der Waals surface area contributed by atoms with Gasteiger partial charge in [0.05, 0.1) is 0 Å². The highest BCUT2D eigenvalue weighted by atomic mass is 16.5. The van der Waals surface area contributed by atoms with Gasteiger partial charge < -0.3 is 18.7 Å². The molecule has 96 valence electrons. The average molecular weight is 264 g/mol. The standard InChI is InChI=1S/C16H8O4/c17-11-12(14-16(20-14)15-13(11)19-15)18-10-7-3-5-8-4-1-2-6-9(8)10/h1-7,17H. The van der Waals surface area contributed by atoms with Crippen LogP contribution in [0.15, 0.2) is 51.3 Å². The Kier molecular flexibility index (Phi) is 1.58. The van der Waals surface area contributed by atoms with Crippen LogP contribution in [0.25, 0.3) is 33.1 Å². The summed E-state index contributed by atoms with van der Waals surface area (Å²) < 4.78 is 16.3. The number of phenolic OH excluding ortho intramolecular Hbond substituents is 1. The van der Waals surface area contributed by atoms with Gasteiger partial charge in [-0.05, 0) is 11.5 Å². The van der Waals surface area contributed by atoms with Gasteiger partial charge in [0.15, 0.2) is 0 Å². The molecule has 5 aromatic rings. The third kappa shape index (κ3) is 1.20. The zero-order valence-corrected chi connectivity index (χ0v) is 10.2. The van der Waals surface area contributed by atoms with Gasteiger partial charge in [0.2, 0.25) is 33.8 Å². The molecule has 0 aliphatic rings. The zero-order chi connectivity index (χ0) is 13.3. The number of phenols is 1. The Balaban J connectivity index is 1.70. The van der Waals surface area contributed by atoms with Gasteiger partial charge in [-0.2, -0.15) is 0 Å². The molecule has 5 rings (SSSR count). The molecule has 0 unspecified atom stereocenters. The van der Waals surface area contributed by atoms with Gasteiger partial charge in [0, 0.05) is 5.39 Å². The highest BCUT2D eigenvalue weighted by Gasteiger charge is 2.32. The molecular formula is C16H8O4. The number of hydrogen-bond donors (Lipinski definition) is 1. The van der Waals surface area contributed by atoms with Crippen LogP contribution in [-0.4, -0.2) is 5.11 Å². The molecule has 0 bridgehead atoms. The summed E-state index contributed by atoms with van der Waals surface area (Å²) >= 11 is 0. The highest BCUT2D eigenvalue weighted by molar-refractivity contribution is 6.12. The van der Waals surface area contributed by atoms with Crippen molar-refractivity contribution in [1.82, 2.24) is 0 Å². The molecule has 0 aliphatic heterocycles. The molecule has 4 nitrogen and oxygen atoms in total. The first kappa shape index (κ1) is 9.97. The number of hydrogen-bond acceptors (Lipinski definition) is 4. The van der Waals surface area contributed by atoms with Crippen molar-refractivity contribution in [2.75, 3.05) is 0 Å². The van der Waals surface area contributed by atoms with E-state index in [9.17, 15) is 5.11 Å². The molecule has 0 amide bonds. The van der Waals surface area contributed by atoms with Crippen molar-refractivity contribution in [3.63, 3.8) is 0 Å². The van der Waals surface area contributed by atoms with E-state index in [1.165, 1.54) is 0 Å². The summed E-state index contributed by atoms with van der Waals surface area (Å²) in [4.78, 5) is 0. The Morgan fingerprint density at radius 3 is 2.50 bits per heavy atom. The van der Waals surface area contributed by atoms with E-state index in [-0.39, 0.29) is 5.75 Å². The lowest BCUT2D eigenvalue weighted by Gasteiger charge is -2.07. The van der Waals surface area contributed by atoms with E-state index < -0.39 is 0 Å². The minimum absolute atomic E-state index is 0.00387. The van der Waals surface area contributed by atoms with Gasteiger partial charge >= 0.3 is 0 Å². The number of benzene rings is 3. The van der Waals surface area contributed by atoms with Crippen LogP contribution in [0.5, 0.6) is 17.2 Å². The molecule has 0 radical (unpaired) electrons. The topological polar surface area (TPSA) is 55.7 Å². The Bertz CT molecular complexity index is 1030. The molecule has 1 N–H and O–H groups in total. The van der Waals surface area contributed by atoms with Gasteiger partial charge in [-0.3, -0.25) is 0 Å². The normalized spacial score (nSPS) is 12.2. The Labute approximate surface area is 112 Å². The van der Waals surface area contributed by atoms with Crippen molar-refractivity contribution in [1.29, 1.82) is 0 Å². The largest absolute Gasteiger partial charge is 0.501 e. The SMILES string of the molecule is Oc1c(Oc2cccc3ccccc23)c2oc2c2oc12. The van der Waals surface area contributed by atoms with Crippen LogP contribution in [0.2, 0.25) is 0 Å². The Morgan fingerprint density at radius 1 is 0.800 bits per heavy atom. The average Bonchev–Trinajstić information content (AvgIpc) is 3.35. The van der Waals surface area contributed by atoms with Crippen molar-refractivity contribution < 1.29 is 18.7 Å². The minimum atomic E-state index is 0.00387. The monoisotopic (exact) mass is 264 g/mol. The van der Waals surface area contributed by atoms with E-state index in [1.807, 2.05) is 42.5 Å². The second kappa shape index (κ2) is 3.17. The number of aromatic hydroxyl groups is 1. The number of fused-ring (bicyclic) bond motifs is 4. The smallest absolute Gasteiger partial charge is 0.220 e. The lowest BCUT2D eigenvalue weighted by atomic mass is 10.1. The van der Waals surface area contributed by atoms with Crippen LogP contribution in [0.3, 0.4) is 0 Å². The third-order valence-corrected chi connectivity index (χ3v) is 3.54. The molecular weight excluding hydrogens is 256 g/mol. The molecule has 0 atom stereocenters. The van der Waals surface area contributed by atoms with Gasteiger partial charge in [0.25, 0.3) is 0 Å². The van der Waals surface area contributed by atoms with Crippen LogP contribution >= 0.6 is 0 Å². The fourth-order valence-corrected chi connectivity index (χ4v) is 2.46. The first-order valence-electron chi connectivity index (χ1n) is 6.27. The number of rotatable bonds is 2. The lowest BCUT2D eigenvalue weighted by Crippen LogP contribution is -1.85. The molecule has 2 aromatic heterocycles. The lowest BCUT2D eigenvalue weighted by molar-refractivity contribution is 0.417. The first-order chi connectivity index (χ1) is 9.83. The maximum absolute atomic E-state index is 10.1. The fraction of sp³-hybridized carbons (Fsp3) is 0. The molecule has 3 aromatic carbocycles. The molecule has 0 spiro atoms. The molecule has 4 heteroatoms. The summed E-state index contributed by atoms with van der Waals surface area (Å²) in [6.45, 7) is 0. The summed E-state index contributed by atoms with van der Waals surface area (Å²) in [5, 5.41) is 12.1. The molecule has 0 saturated carbocycles. The number of ether oxygens (including phenoxy) is 1. The molecule has 20 heavy (non-hydrogen) atoms. The van der Waals surface area contributed by atoms with Crippen molar-refractivity contribution >= 4 is 33.1 Å². The predicted molar refractivity (Wildman–Crippen MR) is 74.0 cm³/mol. The summed E-state index contributed by atoms with van der Waals surface area (Å²) in [5.41, 5.74) is 2.32. The van der Waals surface area contributed by atoms with Crippen LogP contribution in [0.4, 0.5) is 0 Å². The van der Waals surface area contributed by atoms with E-state index >= 15 is 0 Å². The van der Waals surface area contributed by atoms with Crippen LogP contribution < -0.4 is 4.74 Å². The van der Waals surface area contributed by atoms with E-state index in [0.29, 0.717) is 33.8 Å². The van der Waals surface area contributed by atoms with Crippen LogP contribution in [0.1, 0.15) is 0 Å².